The number of benzene rings is 1. The van der Waals surface area contributed by atoms with Crippen LogP contribution in [-0.4, -0.2) is 12.1 Å². The summed E-state index contributed by atoms with van der Waals surface area (Å²) in [6.07, 6.45) is 0. The van der Waals surface area contributed by atoms with Gasteiger partial charge < -0.3 is 4.74 Å². The number of methoxy groups -OCH3 is 1. The first-order valence-corrected chi connectivity index (χ1v) is 6.93. The smallest absolute Gasteiger partial charge is 0.165 e. The molecular weight excluding hydrogens is 257 g/mol. The Kier molecular flexibility index (Phi) is 4.02. The molecule has 0 fully saturated rings. The number of aryl methyl sites for hydroxylation is 1. The van der Waals surface area contributed by atoms with E-state index in [0.29, 0.717) is 5.75 Å². The van der Waals surface area contributed by atoms with Gasteiger partial charge in [0, 0.05) is 16.8 Å². The number of aromatic nitrogens is 1. The van der Waals surface area contributed by atoms with Crippen molar-refractivity contribution in [2.24, 2.45) is 0 Å². The maximum atomic E-state index is 13.4. The van der Waals surface area contributed by atoms with Crippen LogP contribution in [0.25, 0.3) is 0 Å². The fourth-order valence-electron chi connectivity index (χ4n) is 1.34. The van der Waals surface area contributed by atoms with E-state index in [1.807, 2.05) is 18.4 Å². The summed E-state index contributed by atoms with van der Waals surface area (Å²) in [7, 11) is 1.46. The Balaban J connectivity index is 2.02. The van der Waals surface area contributed by atoms with Crippen molar-refractivity contribution in [2.45, 2.75) is 17.0 Å². The zero-order valence-corrected chi connectivity index (χ0v) is 11.2. The van der Waals surface area contributed by atoms with Gasteiger partial charge in [0.25, 0.3) is 0 Å². The molecule has 0 saturated heterocycles. The van der Waals surface area contributed by atoms with E-state index in [0.717, 1.165) is 15.6 Å². The largest absolute Gasteiger partial charge is 0.494 e. The van der Waals surface area contributed by atoms with Gasteiger partial charge in [0.05, 0.1) is 7.11 Å². The molecule has 0 radical (unpaired) electrons. The third-order valence-electron chi connectivity index (χ3n) is 2.18. The molecule has 2 rings (SSSR count). The lowest BCUT2D eigenvalue weighted by Crippen LogP contribution is -1.89. The summed E-state index contributed by atoms with van der Waals surface area (Å²) < 4.78 is 19.3. The van der Waals surface area contributed by atoms with Crippen LogP contribution in [-0.2, 0) is 5.75 Å². The number of rotatable bonds is 4. The molecular formula is C12H12FNOS2. The number of nitrogens with zero attached hydrogens (tertiary/aromatic N) is 1. The molecule has 0 unspecified atom stereocenters. The predicted molar refractivity (Wildman–Crippen MR) is 69.4 cm³/mol. The zero-order chi connectivity index (χ0) is 12.3. The second-order valence-corrected chi connectivity index (χ2v) is 5.59. The summed E-state index contributed by atoms with van der Waals surface area (Å²) in [6, 6.07) is 5.03. The molecule has 0 aliphatic carbocycles. The van der Waals surface area contributed by atoms with Gasteiger partial charge in [-0.15, -0.1) is 11.3 Å². The number of halogens is 1. The van der Waals surface area contributed by atoms with Crippen molar-refractivity contribution in [2.75, 3.05) is 7.11 Å². The molecule has 0 amide bonds. The topological polar surface area (TPSA) is 22.1 Å². The second kappa shape index (κ2) is 5.51. The minimum atomic E-state index is -0.319. The molecule has 0 saturated carbocycles. The van der Waals surface area contributed by atoms with Crippen molar-refractivity contribution in [1.82, 2.24) is 4.98 Å². The third-order valence-corrected chi connectivity index (χ3v) is 4.39. The predicted octanol–water partition coefficient (Wildman–Crippen LogP) is 3.89. The van der Waals surface area contributed by atoms with E-state index in [-0.39, 0.29) is 11.6 Å². The minimum Gasteiger partial charge on any atom is -0.494 e. The highest BCUT2D eigenvalue weighted by molar-refractivity contribution is 8.00. The van der Waals surface area contributed by atoms with E-state index < -0.39 is 0 Å². The number of ether oxygens (including phenoxy) is 1. The van der Waals surface area contributed by atoms with Gasteiger partial charge in [0.2, 0.25) is 0 Å². The van der Waals surface area contributed by atoms with Crippen molar-refractivity contribution in [3.8, 4) is 5.75 Å². The maximum Gasteiger partial charge on any atom is 0.165 e. The molecule has 0 N–H and O–H groups in total. The molecule has 2 aromatic rings. The number of hydrogen-bond acceptors (Lipinski definition) is 4. The van der Waals surface area contributed by atoms with Gasteiger partial charge in [-0.2, -0.15) is 0 Å². The van der Waals surface area contributed by atoms with Gasteiger partial charge in [-0.25, -0.2) is 9.37 Å². The van der Waals surface area contributed by atoms with Crippen LogP contribution >= 0.6 is 23.1 Å². The molecule has 0 aliphatic rings. The lowest BCUT2D eigenvalue weighted by atomic mass is 10.2. The van der Waals surface area contributed by atoms with E-state index >= 15 is 0 Å². The average Bonchev–Trinajstić information content (AvgIpc) is 2.73. The summed E-state index contributed by atoms with van der Waals surface area (Å²) in [5.74, 6) is 0.679. The van der Waals surface area contributed by atoms with Crippen LogP contribution in [0.1, 0.15) is 11.3 Å². The van der Waals surface area contributed by atoms with Crippen molar-refractivity contribution in [3.63, 3.8) is 0 Å². The van der Waals surface area contributed by atoms with Gasteiger partial charge in [-0.3, -0.25) is 0 Å². The van der Waals surface area contributed by atoms with Crippen LogP contribution in [0.2, 0.25) is 0 Å². The lowest BCUT2D eigenvalue weighted by molar-refractivity contribution is 0.386. The molecule has 1 heterocycles. The minimum absolute atomic E-state index is 0.281. The monoisotopic (exact) mass is 269 g/mol. The third kappa shape index (κ3) is 3.20. The van der Waals surface area contributed by atoms with E-state index in [1.165, 1.54) is 13.2 Å². The molecule has 90 valence electrons. The molecule has 2 nitrogen and oxygen atoms in total. The van der Waals surface area contributed by atoms with Crippen molar-refractivity contribution in [1.29, 1.82) is 0 Å². The summed E-state index contributed by atoms with van der Waals surface area (Å²) in [5.41, 5.74) is 1.96. The van der Waals surface area contributed by atoms with Crippen LogP contribution in [0.15, 0.2) is 27.9 Å². The SMILES string of the molecule is COc1ccc(CSc2nc(C)cs2)cc1F. The van der Waals surface area contributed by atoms with Crippen molar-refractivity contribution < 1.29 is 9.13 Å². The number of thiazole rings is 1. The normalized spacial score (nSPS) is 10.5. The van der Waals surface area contributed by atoms with Crippen LogP contribution < -0.4 is 4.74 Å². The molecule has 5 heteroatoms. The van der Waals surface area contributed by atoms with E-state index in [1.54, 1.807) is 29.2 Å². The van der Waals surface area contributed by atoms with Gasteiger partial charge in [-0.1, -0.05) is 17.8 Å². The molecule has 1 aromatic heterocycles. The standard InChI is InChI=1S/C12H12FNOS2/c1-8-6-16-12(14-8)17-7-9-3-4-11(15-2)10(13)5-9/h3-6H,7H2,1-2H3. The first-order chi connectivity index (χ1) is 8.19. The Morgan fingerprint density at radius 2 is 2.29 bits per heavy atom. The molecule has 0 aliphatic heterocycles. The summed E-state index contributed by atoms with van der Waals surface area (Å²) >= 11 is 3.23. The first-order valence-electron chi connectivity index (χ1n) is 5.06. The molecule has 0 bridgehead atoms. The zero-order valence-electron chi connectivity index (χ0n) is 9.57. The number of hydrogen-bond donors (Lipinski definition) is 0. The average molecular weight is 269 g/mol. The summed E-state index contributed by atoms with van der Waals surface area (Å²) in [5, 5.41) is 2.01. The second-order valence-electron chi connectivity index (χ2n) is 3.51. The molecule has 0 spiro atoms. The Bertz CT molecular complexity index is 513. The van der Waals surface area contributed by atoms with Gasteiger partial charge in [-0.05, 0) is 24.6 Å². The van der Waals surface area contributed by atoms with Crippen LogP contribution in [0.3, 0.4) is 0 Å². The highest BCUT2D eigenvalue weighted by atomic mass is 32.2. The molecule has 17 heavy (non-hydrogen) atoms. The Morgan fingerprint density at radius 3 is 2.88 bits per heavy atom. The van der Waals surface area contributed by atoms with Crippen LogP contribution in [0, 0.1) is 12.7 Å². The highest BCUT2D eigenvalue weighted by Crippen LogP contribution is 2.27. The molecule has 0 atom stereocenters. The van der Waals surface area contributed by atoms with E-state index in [2.05, 4.69) is 4.98 Å². The van der Waals surface area contributed by atoms with Crippen LogP contribution in [0.5, 0.6) is 5.75 Å². The fourth-order valence-corrected chi connectivity index (χ4v) is 3.14. The Morgan fingerprint density at radius 1 is 1.47 bits per heavy atom. The maximum absolute atomic E-state index is 13.4. The Hall–Kier alpha value is -1.07. The summed E-state index contributed by atoms with van der Waals surface area (Å²) in [4.78, 5) is 4.34. The van der Waals surface area contributed by atoms with Gasteiger partial charge in [0.1, 0.15) is 4.34 Å². The van der Waals surface area contributed by atoms with Gasteiger partial charge >= 0.3 is 0 Å². The van der Waals surface area contributed by atoms with Gasteiger partial charge in [0.15, 0.2) is 11.6 Å². The highest BCUT2D eigenvalue weighted by Gasteiger charge is 2.05. The van der Waals surface area contributed by atoms with Crippen molar-refractivity contribution in [3.05, 3.63) is 40.7 Å². The fraction of sp³-hybridized carbons (Fsp3) is 0.250. The lowest BCUT2D eigenvalue weighted by Gasteiger charge is -2.04. The van der Waals surface area contributed by atoms with E-state index in [9.17, 15) is 4.39 Å². The summed E-state index contributed by atoms with van der Waals surface area (Å²) in [6.45, 7) is 1.97. The quantitative estimate of drug-likeness (QED) is 0.786. The first kappa shape index (κ1) is 12.4. The number of thioether (sulfide) groups is 1. The van der Waals surface area contributed by atoms with Crippen LogP contribution in [0.4, 0.5) is 4.39 Å². The van der Waals surface area contributed by atoms with Crippen molar-refractivity contribution >= 4 is 23.1 Å². The van der Waals surface area contributed by atoms with E-state index in [4.69, 9.17) is 4.74 Å². The molecule has 1 aromatic carbocycles. The Labute approximate surface area is 108 Å².